The summed E-state index contributed by atoms with van der Waals surface area (Å²) in [5.74, 6) is 0.572. The Hall–Kier alpha value is -1.45. The lowest BCUT2D eigenvalue weighted by atomic mass is 9.93. The van der Waals surface area contributed by atoms with E-state index in [0.29, 0.717) is 5.92 Å². The van der Waals surface area contributed by atoms with Gasteiger partial charge < -0.3 is 10.1 Å². The minimum absolute atomic E-state index is 0.194. The molecule has 0 radical (unpaired) electrons. The third kappa shape index (κ3) is 2.32. The second-order valence-electron chi connectivity index (χ2n) is 5.95. The zero-order chi connectivity index (χ0) is 13.4. The Morgan fingerprint density at radius 2 is 2.05 bits per heavy atom. The average Bonchev–Trinajstić information content (AvgIpc) is 3.21. The lowest BCUT2D eigenvalue weighted by Crippen LogP contribution is -2.26. The molecule has 2 aromatic rings. The first-order valence-electron chi connectivity index (χ1n) is 7.60. The van der Waals surface area contributed by atoms with Crippen LogP contribution in [0.5, 0.6) is 0 Å². The molecule has 1 N–H and O–H groups in total. The van der Waals surface area contributed by atoms with Crippen LogP contribution in [0.2, 0.25) is 0 Å². The van der Waals surface area contributed by atoms with E-state index in [0.717, 1.165) is 31.1 Å². The highest BCUT2D eigenvalue weighted by molar-refractivity contribution is 5.81. The predicted octanol–water partition coefficient (Wildman–Crippen LogP) is 3.06. The maximum absolute atomic E-state index is 6.03. The van der Waals surface area contributed by atoms with Gasteiger partial charge in [-0.2, -0.15) is 0 Å². The lowest BCUT2D eigenvalue weighted by molar-refractivity contribution is 0.0914. The molecule has 2 unspecified atom stereocenters. The monoisotopic (exact) mass is 268 g/mol. The molecule has 1 saturated heterocycles. The Labute approximate surface area is 119 Å². The Balaban J connectivity index is 1.63. The standard InChI is InChI=1S/C17H20N2O/c1-3-12-4-2-9-18-16(12)15(5-1)17-13(8-10-20-17)11-19-14-6-7-14/h1-5,9,13-14,17,19H,6-8,10-11H2. The molecule has 20 heavy (non-hydrogen) atoms. The summed E-state index contributed by atoms with van der Waals surface area (Å²) in [5, 5.41) is 4.85. The van der Waals surface area contributed by atoms with Gasteiger partial charge in [-0.15, -0.1) is 0 Å². The van der Waals surface area contributed by atoms with E-state index in [2.05, 4.69) is 34.6 Å². The first-order chi connectivity index (χ1) is 9.92. The molecule has 0 spiro atoms. The fourth-order valence-corrected chi connectivity index (χ4v) is 3.15. The Morgan fingerprint density at radius 1 is 1.15 bits per heavy atom. The van der Waals surface area contributed by atoms with Crippen molar-refractivity contribution in [1.29, 1.82) is 0 Å². The molecule has 2 aliphatic rings. The van der Waals surface area contributed by atoms with Crippen LogP contribution in [0.15, 0.2) is 36.5 Å². The fourth-order valence-electron chi connectivity index (χ4n) is 3.15. The molecule has 1 aliphatic carbocycles. The van der Waals surface area contributed by atoms with Crippen molar-refractivity contribution in [2.45, 2.75) is 31.4 Å². The summed E-state index contributed by atoms with van der Waals surface area (Å²) in [6, 6.07) is 11.3. The van der Waals surface area contributed by atoms with Gasteiger partial charge >= 0.3 is 0 Å². The van der Waals surface area contributed by atoms with Crippen LogP contribution < -0.4 is 5.32 Å². The molecule has 0 amide bonds. The summed E-state index contributed by atoms with van der Waals surface area (Å²) in [6.07, 6.45) is 5.90. The molecule has 1 aliphatic heterocycles. The number of pyridine rings is 1. The summed E-state index contributed by atoms with van der Waals surface area (Å²) in [7, 11) is 0. The Kier molecular flexibility index (Phi) is 3.17. The van der Waals surface area contributed by atoms with Crippen molar-refractivity contribution in [3.05, 3.63) is 42.1 Å². The van der Waals surface area contributed by atoms with E-state index < -0.39 is 0 Å². The number of ether oxygens (including phenoxy) is 1. The van der Waals surface area contributed by atoms with Crippen LogP contribution in [0.3, 0.4) is 0 Å². The van der Waals surface area contributed by atoms with E-state index in [9.17, 15) is 0 Å². The maximum atomic E-state index is 6.03. The fraction of sp³-hybridized carbons (Fsp3) is 0.471. The largest absolute Gasteiger partial charge is 0.373 e. The molecule has 1 saturated carbocycles. The zero-order valence-corrected chi connectivity index (χ0v) is 11.6. The molecule has 104 valence electrons. The van der Waals surface area contributed by atoms with E-state index in [-0.39, 0.29) is 6.10 Å². The van der Waals surface area contributed by atoms with Crippen LogP contribution in [0, 0.1) is 5.92 Å². The topological polar surface area (TPSA) is 34.1 Å². The number of hydrogen-bond acceptors (Lipinski definition) is 3. The summed E-state index contributed by atoms with van der Waals surface area (Å²) in [6.45, 7) is 1.93. The smallest absolute Gasteiger partial charge is 0.0887 e. The Morgan fingerprint density at radius 3 is 2.95 bits per heavy atom. The number of benzene rings is 1. The zero-order valence-electron chi connectivity index (χ0n) is 11.6. The highest BCUT2D eigenvalue weighted by atomic mass is 16.5. The summed E-state index contributed by atoms with van der Waals surface area (Å²) in [5.41, 5.74) is 2.35. The highest BCUT2D eigenvalue weighted by Crippen LogP contribution is 2.37. The van der Waals surface area contributed by atoms with Crippen molar-refractivity contribution >= 4 is 10.9 Å². The minimum Gasteiger partial charge on any atom is -0.373 e. The highest BCUT2D eigenvalue weighted by Gasteiger charge is 2.32. The van der Waals surface area contributed by atoms with Crippen LogP contribution in [0.4, 0.5) is 0 Å². The lowest BCUT2D eigenvalue weighted by Gasteiger charge is -2.20. The number of nitrogens with zero attached hydrogens (tertiary/aromatic N) is 1. The number of hydrogen-bond donors (Lipinski definition) is 1. The van der Waals surface area contributed by atoms with Crippen LogP contribution in [0.1, 0.15) is 30.9 Å². The van der Waals surface area contributed by atoms with E-state index in [4.69, 9.17) is 4.74 Å². The molecular weight excluding hydrogens is 248 g/mol. The van der Waals surface area contributed by atoms with Gasteiger partial charge in [0.25, 0.3) is 0 Å². The number of rotatable bonds is 4. The molecule has 3 heteroatoms. The number of para-hydroxylation sites is 1. The maximum Gasteiger partial charge on any atom is 0.0887 e. The van der Waals surface area contributed by atoms with Crippen LogP contribution in [-0.2, 0) is 4.74 Å². The first-order valence-corrected chi connectivity index (χ1v) is 7.60. The minimum atomic E-state index is 0.194. The summed E-state index contributed by atoms with van der Waals surface area (Å²) >= 11 is 0. The molecule has 1 aromatic heterocycles. The molecule has 2 heterocycles. The molecular formula is C17H20N2O. The SMILES string of the molecule is c1cnc2c(C3OCCC3CNC3CC3)cccc2c1. The van der Waals surface area contributed by atoms with Crippen molar-refractivity contribution < 1.29 is 4.74 Å². The van der Waals surface area contributed by atoms with E-state index in [1.807, 2.05) is 12.3 Å². The summed E-state index contributed by atoms with van der Waals surface area (Å²) < 4.78 is 6.03. The van der Waals surface area contributed by atoms with Gasteiger partial charge in [0.2, 0.25) is 0 Å². The van der Waals surface area contributed by atoms with Gasteiger partial charge in [0.15, 0.2) is 0 Å². The normalized spacial score (nSPS) is 26.2. The summed E-state index contributed by atoms with van der Waals surface area (Å²) in [4.78, 5) is 4.57. The van der Waals surface area contributed by atoms with Crippen molar-refractivity contribution in [1.82, 2.24) is 10.3 Å². The third-order valence-corrected chi connectivity index (χ3v) is 4.43. The molecule has 1 aromatic carbocycles. The molecule has 0 bridgehead atoms. The number of fused-ring (bicyclic) bond motifs is 1. The van der Waals surface area contributed by atoms with Crippen molar-refractivity contribution in [3.8, 4) is 0 Å². The van der Waals surface area contributed by atoms with Crippen LogP contribution in [-0.4, -0.2) is 24.2 Å². The van der Waals surface area contributed by atoms with Gasteiger partial charge in [-0.1, -0.05) is 24.3 Å². The number of aromatic nitrogens is 1. The predicted molar refractivity (Wildman–Crippen MR) is 79.6 cm³/mol. The van der Waals surface area contributed by atoms with Crippen LogP contribution >= 0.6 is 0 Å². The molecule has 2 fully saturated rings. The second kappa shape index (κ2) is 5.15. The third-order valence-electron chi connectivity index (χ3n) is 4.43. The Bertz CT molecular complexity index is 603. The molecule has 2 atom stereocenters. The second-order valence-corrected chi connectivity index (χ2v) is 5.95. The van der Waals surface area contributed by atoms with Crippen molar-refractivity contribution in [2.75, 3.05) is 13.2 Å². The van der Waals surface area contributed by atoms with E-state index >= 15 is 0 Å². The first kappa shape index (κ1) is 12.3. The molecule has 4 rings (SSSR count). The van der Waals surface area contributed by atoms with E-state index in [1.54, 1.807) is 0 Å². The van der Waals surface area contributed by atoms with Gasteiger partial charge in [0.05, 0.1) is 11.6 Å². The van der Waals surface area contributed by atoms with Crippen molar-refractivity contribution in [3.63, 3.8) is 0 Å². The van der Waals surface area contributed by atoms with Gasteiger partial charge in [0.1, 0.15) is 0 Å². The average molecular weight is 268 g/mol. The number of nitrogens with one attached hydrogen (secondary N) is 1. The van der Waals surface area contributed by atoms with Gasteiger partial charge in [0, 0.05) is 42.3 Å². The van der Waals surface area contributed by atoms with Crippen LogP contribution in [0.25, 0.3) is 10.9 Å². The van der Waals surface area contributed by atoms with Crippen molar-refractivity contribution in [2.24, 2.45) is 5.92 Å². The van der Waals surface area contributed by atoms with Gasteiger partial charge in [-0.05, 0) is 25.3 Å². The van der Waals surface area contributed by atoms with E-state index in [1.165, 1.54) is 23.8 Å². The van der Waals surface area contributed by atoms with Gasteiger partial charge in [-0.3, -0.25) is 4.98 Å². The quantitative estimate of drug-likeness (QED) is 0.925. The van der Waals surface area contributed by atoms with Gasteiger partial charge in [-0.25, -0.2) is 0 Å². The molecule has 3 nitrogen and oxygen atoms in total.